The van der Waals surface area contributed by atoms with Crippen LogP contribution in [0.3, 0.4) is 0 Å². The third kappa shape index (κ3) is 4.34. The molecule has 3 nitrogen and oxygen atoms in total. The van der Waals surface area contributed by atoms with E-state index < -0.39 is 24.2 Å². The second kappa shape index (κ2) is 7.64. The van der Waals surface area contributed by atoms with Crippen LogP contribution in [0.4, 0.5) is 8.78 Å². The lowest BCUT2D eigenvalue weighted by Crippen LogP contribution is -2.49. The van der Waals surface area contributed by atoms with Crippen LogP contribution < -0.4 is 5.73 Å². The van der Waals surface area contributed by atoms with Crippen molar-refractivity contribution in [2.24, 2.45) is 5.73 Å². The van der Waals surface area contributed by atoms with E-state index in [1.165, 1.54) is 0 Å². The van der Waals surface area contributed by atoms with Gasteiger partial charge in [-0.05, 0) is 24.0 Å². The maximum atomic E-state index is 14.3. The number of halogens is 2. The Balaban J connectivity index is 2.01. The molecule has 0 aliphatic carbocycles. The normalized spacial score (nSPS) is 15.9. The highest BCUT2D eigenvalue weighted by Crippen LogP contribution is 2.32. The van der Waals surface area contributed by atoms with E-state index in [1.54, 1.807) is 54.6 Å². The van der Waals surface area contributed by atoms with Crippen LogP contribution in [0.2, 0.25) is 0 Å². The van der Waals surface area contributed by atoms with Crippen molar-refractivity contribution in [1.82, 2.24) is 0 Å². The molecule has 0 radical (unpaired) electrons. The first kappa shape index (κ1) is 17.5. The molecule has 23 heavy (non-hydrogen) atoms. The standard InChI is InChI=1S/C18H21F2NO2/c19-18(20,15(22)12-11-13-7-3-1-4-8-13)17(23)16(21)14-9-5-2-6-10-14/h1-10,15-17,22-23H,11-12,21H2. The van der Waals surface area contributed by atoms with Gasteiger partial charge in [-0.1, -0.05) is 60.7 Å². The van der Waals surface area contributed by atoms with Crippen molar-refractivity contribution >= 4 is 0 Å². The average Bonchev–Trinajstić information content (AvgIpc) is 2.59. The minimum Gasteiger partial charge on any atom is -0.387 e. The van der Waals surface area contributed by atoms with Crippen molar-refractivity contribution in [2.45, 2.75) is 37.0 Å². The molecule has 0 spiro atoms. The van der Waals surface area contributed by atoms with Gasteiger partial charge in [0.15, 0.2) is 0 Å². The average molecular weight is 321 g/mol. The van der Waals surface area contributed by atoms with Gasteiger partial charge in [-0.3, -0.25) is 0 Å². The number of aryl methyl sites for hydroxylation is 1. The summed E-state index contributed by atoms with van der Waals surface area (Å²) >= 11 is 0. The van der Waals surface area contributed by atoms with Crippen molar-refractivity contribution in [3.63, 3.8) is 0 Å². The number of nitrogens with two attached hydrogens (primary N) is 1. The fraction of sp³-hybridized carbons (Fsp3) is 0.333. The van der Waals surface area contributed by atoms with Crippen molar-refractivity contribution in [2.75, 3.05) is 0 Å². The van der Waals surface area contributed by atoms with Crippen LogP contribution in [0, 0.1) is 0 Å². The molecule has 0 amide bonds. The Hall–Kier alpha value is -1.82. The van der Waals surface area contributed by atoms with Gasteiger partial charge in [-0.15, -0.1) is 0 Å². The molecular weight excluding hydrogens is 300 g/mol. The summed E-state index contributed by atoms with van der Waals surface area (Å²) in [6.45, 7) is 0. The van der Waals surface area contributed by atoms with Gasteiger partial charge in [0.25, 0.3) is 0 Å². The molecule has 3 unspecified atom stereocenters. The highest BCUT2D eigenvalue weighted by Gasteiger charge is 2.48. The smallest absolute Gasteiger partial charge is 0.300 e. The molecule has 2 aromatic rings. The Morgan fingerprint density at radius 3 is 2.00 bits per heavy atom. The van der Waals surface area contributed by atoms with Crippen LogP contribution >= 0.6 is 0 Å². The number of hydrogen-bond acceptors (Lipinski definition) is 3. The predicted octanol–water partition coefficient (Wildman–Crippen LogP) is 2.68. The molecule has 4 N–H and O–H groups in total. The summed E-state index contributed by atoms with van der Waals surface area (Å²) in [6.07, 6.45) is -3.98. The van der Waals surface area contributed by atoms with E-state index in [9.17, 15) is 19.0 Å². The van der Waals surface area contributed by atoms with Crippen LogP contribution in [0.5, 0.6) is 0 Å². The van der Waals surface area contributed by atoms with Crippen molar-refractivity contribution < 1.29 is 19.0 Å². The Morgan fingerprint density at radius 1 is 0.913 bits per heavy atom. The van der Waals surface area contributed by atoms with E-state index in [0.29, 0.717) is 12.0 Å². The maximum Gasteiger partial charge on any atom is 0.300 e. The highest BCUT2D eigenvalue weighted by molar-refractivity contribution is 5.21. The number of rotatable bonds is 7. The number of aliphatic hydroxyl groups is 2. The minimum absolute atomic E-state index is 0.157. The lowest BCUT2D eigenvalue weighted by atomic mass is 9.92. The van der Waals surface area contributed by atoms with Gasteiger partial charge in [-0.2, -0.15) is 0 Å². The van der Waals surface area contributed by atoms with Gasteiger partial charge < -0.3 is 15.9 Å². The van der Waals surface area contributed by atoms with Crippen LogP contribution in [0.15, 0.2) is 60.7 Å². The summed E-state index contributed by atoms with van der Waals surface area (Å²) in [5.41, 5.74) is 6.98. The zero-order valence-electron chi connectivity index (χ0n) is 12.6. The molecule has 0 bridgehead atoms. The largest absolute Gasteiger partial charge is 0.387 e. The van der Waals surface area contributed by atoms with Crippen LogP contribution in [0.1, 0.15) is 23.6 Å². The van der Waals surface area contributed by atoms with Gasteiger partial charge in [-0.25, -0.2) is 8.78 Å². The first-order valence-corrected chi connectivity index (χ1v) is 7.51. The molecule has 0 aliphatic rings. The van der Waals surface area contributed by atoms with E-state index >= 15 is 0 Å². The van der Waals surface area contributed by atoms with Crippen molar-refractivity contribution in [3.05, 3.63) is 71.8 Å². The molecule has 2 rings (SSSR count). The van der Waals surface area contributed by atoms with Gasteiger partial charge in [0, 0.05) is 0 Å². The molecule has 0 saturated carbocycles. The Morgan fingerprint density at radius 2 is 1.43 bits per heavy atom. The summed E-state index contributed by atoms with van der Waals surface area (Å²) in [6, 6.07) is 16.0. The Labute approximate surface area is 134 Å². The second-order valence-electron chi connectivity index (χ2n) is 5.60. The third-order valence-electron chi connectivity index (χ3n) is 3.91. The summed E-state index contributed by atoms with van der Waals surface area (Å²) in [4.78, 5) is 0. The van der Waals surface area contributed by atoms with E-state index in [1.807, 2.05) is 6.07 Å². The van der Waals surface area contributed by atoms with Gasteiger partial charge in [0.05, 0.1) is 6.04 Å². The SMILES string of the molecule is NC(c1ccccc1)C(O)C(F)(F)C(O)CCc1ccccc1. The first-order chi connectivity index (χ1) is 10.9. The molecular formula is C18H21F2NO2. The fourth-order valence-electron chi connectivity index (χ4n) is 2.43. The summed E-state index contributed by atoms with van der Waals surface area (Å²) in [7, 11) is 0. The lowest BCUT2D eigenvalue weighted by Gasteiger charge is -2.31. The second-order valence-corrected chi connectivity index (χ2v) is 5.60. The molecule has 124 valence electrons. The number of alkyl halides is 2. The molecule has 0 aromatic heterocycles. The molecule has 5 heteroatoms. The third-order valence-corrected chi connectivity index (χ3v) is 3.91. The number of hydrogen-bond donors (Lipinski definition) is 3. The molecule has 0 fully saturated rings. The lowest BCUT2D eigenvalue weighted by molar-refractivity contribution is -0.184. The van der Waals surface area contributed by atoms with Crippen molar-refractivity contribution in [1.29, 1.82) is 0 Å². The van der Waals surface area contributed by atoms with Gasteiger partial charge >= 0.3 is 5.92 Å². The summed E-state index contributed by atoms with van der Waals surface area (Å²) in [5, 5.41) is 19.8. The topological polar surface area (TPSA) is 66.5 Å². The first-order valence-electron chi connectivity index (χ1n) is 7.51. The quantitative estimate of drug-likeness (QED) is 0.734. The monoisotopic (exact) mass is 321 g/mol. The predicted molar refractivity (Wildman–Crippen MR) is 85.1 cm³/mol. The van der Waals surface area contributed by atoms with Crippen LogP contribution in [-0.4, -0.2) is 28.3 Å². The number of benzene rings is 2. The molecule has 0 heterocycles. The summed E-state index contributed by atoms with van der Waals surface area (Å²) in [5.74, 6) is -3.69. The van der Waals surface area contributed by atoms with Gasteiger partial charge in [0.1, 0.15) is 12.2 Å². The fourth-order valence-corrected chi connectivity index (χ4v) is 2.43. The van der Waals surface area contributed by atoms with Crippen LogP contribution in [-0.2, 0) is 6.42 Å². The Kier molecular flexibility index (Phi) is 5.82. The molecule has 3 atom stereocenters. The molecule has 0 saturated heterocycles. The van der Waals surface area contributed by atoms with E-state index in [-0.39, 0.29) is 6.42 Å². The van der Waals surface area contributed by atoms with Gasteiger partial charge in [0.2, 0.25) is 0 Å². The molecule has 2 aromatic carbocycles. The zero-order chi connectivity index (χ0) is 16.9. The Bertz CT molecular complexity index is 592. The number of aliphatic hydroxyl groups excluding tert-OH is 2. The zero-order valence-corrected chi connectivity index (χ0v) is 12.6. The molecule has 0 aliphatic heterocycles. The highest BCUT2D eigenvalue weighted by atomic mass is 19.3. The van der Waals surface area contributed by atoms with Crippen LogP contribution in [0.25, 0.3) is 0 Å². The summed E-state index contributed by atoms with van der Waals surface area (Å²) < 4.78 is 28.5. The maximum absolute atomic E-state index is 14.3. The van der Waals surface area contributed by atoms with E-state index in [4.69, 9.17) is 5.73 Å². The minimum atomic E-state index is -3.69. The van der Waals surface area contributed by atoms with Crippen molar-refractivity contribution in [3.8, 4) is 0 Å². The van der Waals surface area contributed by atoms with E-state index in [2.05, 4.69) is 0 Å². The van der Waals surface area contributed by atoms with E-state index in [0.717, 1.165) is 5.56 Å².